The summed E-state index contributed by atoms with van der Waals surface area (Å²) in [6.45, 7) is 0. The van der Waals surface area contributed by atoms with Crippen LogP contribution in [0.5, 0.6) is 17.2 Å². The molecule has 0 saturated heterocycles. The van der Waals surface area contributed by atoms with Crippen molar-refractivity contribution < 1.29 is 23.8 Å². The molecule has 0 fully saturated rings. The van der Waals surface area contributed by atoms with Crippen LogP contribution >= 0.6 is 0 Å². The van der Waals surface area contributed by atoms with Crippen molar-refractivity contribution in [1.82, 2.24) is 4.98 Å². The molecule has 2 aromatic carbocycles. The normalized spacial score (nSPS) is 13.8. The van der Waals surface area contributed by atoms with Gasteiger partial charge in [-0.25, -0.2) is 4.79 Å². The number of hydrogen-bond donors (Lipinski definition) is 0. The highest BCUT2D eigenvalue weighted by atomic mass is 16.5. The molecular formula is C22H15NO5. The van der Waals surface area contributed by atoms with E-state index in [-0.39, 0.29) is 17.3 Å². The van der Waals surface area contributed by atoms with E-state index < -0.39 is 5.97 Å². The molecule has 0 bridgehead atoms. The first-order valence-electron chi connectivity index (χ1n) is 8.49. The maximum absolute atomic E-state index is 12.5. The van der Waals surface area contributed by atoms with Crippen molar-refractivity contribution >= 4 is 17.8 Å². The molecule has 0 atom stereocenters. The molecule has 0 saturated carbocycles. The second-order valence-electron chi connectivity index (χ2n) is 5.97. The van der Waals surface area contributed by atoms with Crippen molar-refractivity contribution in [1.29, 1.82) is 0 Å². The number of carbonyl (C=O) groups is 2. The van der Waals surface area contributed by atoms with E-state index in [2.05, 4.69) is 4.98 Å². The molecule has 1 aliphatic rings. The zero-order valence-corrected chi connectivity index (χ0v) is 14.9. The molecule has 2 heterocycles. The van der Waals surface area contributed by atoms with Gasteiger partial charge in [0.05, 0.1) is 23.9 Å². The highest BCUT2D eigenvalue weighted by Crippen LogP contribution is 2.35. The predicted octanol–water partition coefficient (Wildman–Crippen LogP) is 3.93. The van der Waals surface area contributed by atoms with E-state index in [4.69, 9.17) is 14.2 Å². The van der Waals surface area contributed by atoms with E-state index in [1.165, 1.54) is 6.07 Å². The summed E-state index contributed by atoms with van der Waals surface area (Å²) in [5.41, 5.74) is 1.41. The molecule has 0 radical (unpaired) electrons. The van der Waals surface area contributed by atoms with Crippen molar-refractivity contribution in [3.63, 3.8) is 0 Å². The summed E-state index contributed by atoms with van der Waals surface area (Å²) < 4.78 is 16.1. The SMILES string of the molecule is COc1ccc(C(=O)Oc2ccc3c(c2)O/C(=C\c2ccccn2)C3=O)cc1. The van der Waals surface area contributed by atoms with Gasteiger partial charge >= 0.3 is 5.97 Å². The molecule has 0 unspecified atom stereocenters. The summed E-state index contributed by atoms with van der Waals surface area (Å²) in [5.74, 6) is 0.684. The number of methoxy groups -OCH3 is 1. The molecule has 1 aromatic heterocycles. The average molecular weight is 373 g/mol. The topological polar surface area (TPSA) is 74.7 Å². The van der Waals surface area contributed by atoms with Crippen LogP contribution in [-0.4, -0.2) is 23.8 Å². The van der Waals surface area contributed by atoms with Crippen LogP contribution in [0.25, 0.3) is 6.08 Å². The van der Waals surface area contributed by atoms with Gasteiger partial charge in [0, 0.05) is 18.3 Å². The van der Waals surface area contributed by atoms with Crippen LogP contribution in [0.3, 0.4) is 0 Å². The molecule has 28 heavy (non-hydrogen) atoms. The molecule has 0 N–H and O–H groups in total. The van der Waals surface area contributed by atoms with Gasteiger partial charge in [-0.1, -0.05) is 6.07 Å². The van der Waals surface area contributed by atoms with Crippen LogP contribution in [0.2, 0.25) is 0 Å². The van der Waals surface area contributed by atoms with Gasteiger partial charge in [0.15, 0.2) is 5.76 Å². The monoisotopic (exact) mass is 373 g/mol. The van der Waals surface area contributed by atoms with Gasteiger partial charge in [0.1, 0.15) is 17.2 Å². The van der Waals surface area contributed by atoms with Gasteiger partial charge < -0.3 is 14.2 Å². The average Bonchev–Trinajstić information content (AvgIpc) is 3.03. The fourth-order valence-corrected chi connectivity index (χ4v) is 2.72. The highest BCUT2D eigenvalue weighted by Gasteiger charge is 2.28. The summed E-state index contributed by atoms with van der Waals surface area (Å²) in [5, 5.41) is 0. The Morgan fingerprint density at radius 3 is 2.54 bits per heavy atom. The second-order valence-corrected chi connectivity index (χ2v) is 5.97. The summed E-state index contributed by atoms with van der Waals surface area (Å²) in [6, 6.07) is 16.6. The highest BCUT2D eigenvalue weighted by molar-refractivity contribution is 6.14. The van der Waals surface area contributed by atoms with E-state index in [0.29, 0.717) is 28.3 Å². The number of rotatable bonds is 4. The third kappa shape index (κ3) is 3.48. The number of benzene rings is 2. The zero-order valence-electron chi connectivity index (χ0n) is 14.9. The van der Waals surface area contributed by atoms with Gasteiger partial charge in [-0.3, -0.25) is 9.78 Å². The van der Waals surface area contributed by atoms with Crippen LogP contribution in [0.1, 0.15) is 26.4 Å². The standard InChI is InChI=1S/C22H15NO5/c1-26-16-7-5-14(6-8-16)22(25)27-17-9-10-18-19(13-17)28-20(21(18)24)12-15-4-2-3-11-23-15/h2-13H,1H3/b20-12-. The van der Waals surface area contributed by atoms with Crippen LogP contribution in [-0.2, 0) is 0 Å². The largest absolute Gasteiger partial charge is 0.497 e. The Morgan fingerprint density at radius 1 is 1.04 bits per heavy atom. The van der Waals surface area contributed by atoms with Crippen LogP contribution in [0, 0.1) is 0 Å². The summed E-state index contributed by atoms with van der Waals surface area (Å²) in [7, 11) is 1.55. The lowest BCUT2D eigenvalue weighted by Crippen LogP contribution is -2.08. The Hall–Kier alpha value is -3.93. The summed E-state index contributed by atoms with van der Waals surface area (Å²) >= 11 is 0. The van der Waals surface area contributed by atoms with Gasteiger partial charge in [0.2, 0.25) is 5.78 Å². The molecule has 0 spiro atoms. The molecule has 6 heteroatoms. The Labute approximate surface area is 161 Å². The molecule has 138 valence electrons. The number of carbonyl (C=O) groups excluding carboxylic acids is 2. The molecule has 1 aliphatic heterocycles. The number of Topliss-reactive ketones (excluding diaryl/α,β-unsaturated/α-hetero) is 1. The van der Waals surface area contributed by atoms with Crippen molar-refractivity contribution in [2.75, 3.05) is 7.11 Å². The van der Waals surface area contributed by atoms with Gasteiger partial charge in [-0.2, -0.15) is 0 Å². The lowest BCUT2D eigenvalue weighted by atomic mass is 10.1. The third-order valence-electron chi connectivity index (χ3n) is 4.14. The first-order valence-corrected chi connectivity index (χ1v) is 8.49. The maximum Gasteiger partial charge on any atom is 0.343 e. The lowest BCUT2D eigenvalue weighted by molar-refractivity contribution is 0.0734. The molecule has 4 rings (SSSR count). The van der Waals surface area contributed by atoms with Crippen molar-refractivity contribution in [2.24, 2.45) is 0 Å². The van der Waals surface area contributed by atoms with E-state index in [1.54, 1.807) is 67.9 Å². The molecule has 0 amide bonds. The van der Waals surface area contributed by atoms with E-state index in [9.17, 15) is 9.59 Å². The second kappa shape index (κ2) is 7.36. The number of nitrogens with zero attached hydrogens (tertiary/aromatic N) is 1. The Balaban J connectivity index is 1.53. The minimum atomic E-state index is -0.517. The number of fused-ring (bicyclic) bond motifs is 1. The fraction of sp³-hybridized carbons (Fsp3) is 0.0455. The Morgan fingerprint density at radius 2 is 1.82 bits per heavy atom. The van der Waals surface area contributed by atoms with Crippen molar-refractivity contribution in [2.45, 2.75) is 0 Å². The number of ketones is 1. The third-order valence-corrected chi connectivity index (χ3v) is 4.14. The van der Waals surface area contributed by atoms with Crippen molar-refractivity contribution in [3.05, 3.63) is 89.4 Å². The minimum absolute atomic E-state index is 0.173. The van der Waals surface area contributed by atoms with Gasteiger partial charge in [0.25, 0.3) is 0 Å². The van der Waals surface area contributed by atoms with E-state index in [0.717, 1.165) is 0 Å². The number of allylic oxidation sites excluding steroid dienone is 1. The summed E-state index contributed by atoms with van der Waals surface area (Å²) in [6.07, 6.45) is 3.21. The molecule has 3 aromatic rings. The predicted molar refractivity (Wildman–Crippen MR) is 102 cm³/mol. The first kappa shape index (κ1) is 17.5. The maximum atomic E-state index is 12.5. The van der Waals surface area contributed by atoms with Crippen LogP contribution in [0.4, 0.5) is 0 Å². The molecule has 0 aliphatic carbocycles. The van der Waals surface area contributed by atoms with Gasteiger partial charge in [-0.15, -0.1) is 0 Å². The van der Waals surface area contributed by atoms with E-state index >= 15 is 0 Å². The van der Waals surface area contributed by atoms with Crippen molar-refractivity contribution in [3.8, 4) is 17.2 Å². The Kier molecular flexibility index (Phi) is 4.60. The summed E-state index contributed by atoms with van der Waals surface area (Å²) in [4.78, 5) is 28.9. The van der Waals surface area contributed by atoms with Gasteiger partial charge in [-0.05, 0) is 48.5 Å². The fourth-order valence-electron chi connectivity index (χ4n) is 2.72. The lowest BCUT2D eigenvalue weighted by Gasteiger charge is -2.06. The number of esters is 1. The first-order chi connectivity index (χ1) is 13.6. The van der Waals surface area contributed by atoms with E-state index in [1.807, 2.05) is 6.07 Å². The molecular weight excluding hydrogens is 358 g/mol. The number of pyridine rings is 1. The number of ether oxygens (including phenoxy) is 3. The number of aromatic nitrogens is 1. The molecule has 6 nitrogen and oxygen atoms in total. The van der Waals surface area contributed by atoms with Crippen LogP contribution in [0.15, 0.2) is 72.6 Å². The zero-order chi connectivity index (χ0) is 19.5. The quantitative estimate of drug-likeness (QED) is 0.392. The van der Waals surface area contributed by atoms with Crippen LogP contribution < -0.4 is 14.2 Å². The minimum Gasteiger partial charge on any atom is -0.497 e. The Bertz CT molecular complexity index is 1070. The smallest absolute Gasteiger partial charge is 0.343 e. The number of hydrogen-bond acceptors (Lipinski definition) is 6.